The Morgan fingerprint density at radius 1 is 1.14 bits per heavy atom. The number of hydrogen-bond acceptors (Lipinski definition) is 3. The molecule has 0 fully saturated rings. The molecule has 0 aliphatic rings. The Balaban J connectivity index is 2.23. The van der Waals surface area contributed by atoms with E-state index in [0.717, 1.165) is 29.8 Å². The van der Waals surface area contributed by atoms with Gasteiger partial charge < -0.3 is 10.6 Å². The highest BCUT2D eigenvalue weighted by Gasteiger charge is 2.12. The zero-order valence-electron chi connectivity index (χ0n) is 12.7. The maximum Gasteiger partial charge on any atom is 0.257 e. The highest BCUT2D eigenvalue weighted by atomic mass is 16.1. The first-order valence-corrected chi connectivity index (χ1v) is 7.17. The Bertz CT molecular complexity index is 638. The third kappa shape index (κ3) is 4.05. The smallest absolute Gasteiger partial charge is 0.257 e. The first kappa shape index (κ1) is 15.0. The highest BCUT2D eigenvalue weighted by Crippen LogP contribution is 2.19. The molecule has 2 aromatic rings. The number of carbonyl (C=O) groups is 1. The second-order valence-electron chi connectivity index (χ2n) is 5.18. The first-order valence-electron chi connectivity index (χ1n) is 7.17. The molecular formula is C17H21N3O. The summed E-state index contributed by atoms with van der Waals surface area (Å²) in [6, 6.07) is 7.76. The van der Waals surface area contributed by atoms with Crippen LogP contribution < -0.4 is 10.6 Å². The summed E-state index contributed by atoms with van der Waals surface area (Å²) in [5.41, 5.74) is 4.31. The van der Waals surface area contributed by atoms with Crippen molar-refractivity contribution in [1.29, 1.82) is 0 Å². The number of carbonyl (C=O) groups excluding carboxylic acids is 1. The fourth-order valence-electron chi connectivity index (χ4n) is 2.08. The van der Waals surface area contributed by atoms with Crippen molar-refractivity contribution in [3.05, 3.63) is 53.3 Å². The minimum atomic E-state index is -0.121. The third-order valence-corrected chi connectivity index (χ3v) is 3.12. The van der Waals surface area contributed by atoms with Gasteiger partial charge in [-0.15, -0.1) is 0 Å². The minimum Gasteiger partial charge on any atom is -0.384 e. The van der Waals surface area contributed by atoms with Crippen LogP contribution in [0.3, 0.4) is 0 Å². The van der Waals surface area contributed by atoms with Crippen LogP contribution in [0.1, 0.15) is 34.8 Å². The Morgan fingerprint density at radius 2 is 1.95 bits per heavy atom. The van der Waals surface area contributed by atoms with Crippen molar-refractivity contribution in [1.82, 2.24) is 4.98 Å². The summed E-state index contributed by atoms with van der Waals surface area (Å²) in [6.07, 6.45) is 4.42. The summed E-state index contributed by atoms with van der Waals surface area (Å²) in [6.45, 7) is 6.87. The molecule has 0 saturated carbocycles. The Morgan fingerprint density at radius 3 is 2.67 bits per heavy atom. The normalized spacial score (nSPS) is 10.2. The van der Waals surface area contributed by atoms with Gasteiger partial charge in [-0.05, 0) is 44.0 Å². The molecule has 0 spiro atoms. The number of aromatic nitrogens is 1. The van der Waals surface area contributed by atoms with Gasteiger partial charge >= 0.3 is 0 Å². The molecule has 4 nitrogen and oxygen atoms in total. The summed E-state index contributed by atoms with van der Waals surface area (Å²) in [7, 11) is 0. The third-order valence-electron chi connectivity index (χ3n) is 3.12. The van der Waals surface area contributed by atoms with Gasteiger partial charge in [0.15, 0.2) is 0 Å². The van der Waals surface area contributed by atoms with E-state index >= 15 is 0 Å². The van der Waals surface area contributed by atoms with Crippen LogP contribution in [0.25, 0.3) is 0 Å². The molecule has 0 aliphatic heterocycles. The molecule has 0 atom stereocenters. The fraction of sp³-hybridized carbons (Fsp3) is 0.294. The average molecular weight is 283 g/mol. The van der Waals surface area contributed by atoms with Gasteiger partial charge in [0.1, 0.15) is 0 Å². The van der Waals surface area contributed by atoms with Crippen LogP contribution in [0.2, 0.25) is 0 Å². The van der Waals surface area contributed by atoms with E-state index in [-0.39, 0.29) is 5.91 Å². The van der Waals surface area contributed by atoms with Crippen LogP contribution in [-0.4, -0.2) is 17.4 Å². The summed E-state index contributed by atoms with van der Waals surface area (Å²) in [4.78, 5) is 16.6. The van der Waals surface area contributed by atoms with E-state index in [1.54, 1.807) is 12.4 Å². The van der Waals surface area contributed by atoms with E-state index in [1.165, 1.54) is 0 Å². The van der Waals surface area contributed by atoms with Crippen molar-refractivity contribution in [2.75, 3.05) is 17.2 Å². The van der Waals surface area contributed by atoms with Crippen molar-refractivity contribution < 1.29 is 4.79 Å². The van der Waals surface area contributed by atoms with Crippen LogP contribution in [0, 0.1) is 13.8 Å². The second kappa shape index (κ2) is 6.88. The molecule has 0 aliphatic carbocycles. The molecule has 110 valence electrons. The lowest BCUT2D eigenvalue weighted by Crippen LogP contribution is -2.15. The molecule has 1 aromatic carbocycles. The van der Waals surface area contributed by atoms with Gasteiger partial charge in [0.2, 0.25) is 0 Å². The number of pyridine rings is 1. The van der Waals surface area contributed by atoms with Crippen LogP contribution in [0.4, 0.5) is 11.4 Å². The summed E-state index contributed by atoms with van der Waals surface area (Å²) < 4.78 is 0. The van der Waals surface area contributed by atoms with E-state index < -0.39 is 0 Å². The Hall–Kier alpha value is -2.36. The molecule has 0 bridgehead atoms. The van der Waals surface area contributed by atoms with Gasteiger partial charge in [0.25, 0.3) is 5.91 Å². The molecular weight excluding hydrogens is 262 g/mol. The number of nitrogens with one attached hydrogen (secondary N) is 2. The monoisotopic (exact) mass is 283 g/mol. The molecule has 2 rings (SSSR count). The zero-order valence-corrected chi connectivity index (χ0v) is 12.7. The average Bonchev–Trinajstić information content (AvgIpc) is 2.46. The molecule has 0 unspecified atom stereocenters. The number of benzene rings is 1. The van der Waals surface area contributed by atoms with Crippen molar-refractivity contribution in [3.8, 4) is 0 Å². The topological polar surface area (TPSA) is 54.0 Å². The second-order valence-corrected chi connectivity index (χ2v) is 5.18. The van der Waals surface area contributed by atoms with Gasteiger partial charge in [-0.2, -0.15) is 0 Å². The van der Waals surface area contributed by atoms with Crippen molar-refractivity contribution in [3.63, 3.8) is 0 Å². The molecule has 1 heterocycles. The number of aryl methyl sites for hydroxylation is 2. The Kier molecular flexibility index (Phi) is 4.93. The van der Waals surface area contributed by atoms with E-state index in [2.05, 4.69) is 22.5 Å². The van der Waals surface area contributed by atoms with Crippen LogP contribution in [0.15, 0.2) is 36.7 Å². The van der Waals surface area contributed by atoms with Gasteiger partial charge in [0, 0.05) is 18.4 Å². The standard InChI is InChI=1S/C17H21N3O/c1-4-7-19-16-6-5-12(2)9-15(16)17(21)20-14-8-13(3)10-18-11-14/h5-6,8-11,19H,4,7H2,1-3H3,(H,20,21). The molecule has 1 amide bonds. The molecule has 21 heavy (non-hydrogen) atoms. The number of rotatable bonds is 5. The maximum absolute atomic E-state index is 12.5. The lowest BCUT2D eigenvalue weighted by molar-refractivity contribution is 0.102. The highest BCUT2D eigenvalue weighted by molar-refractivity contribution is 6.08. The number of anilines is 2. The summed E-state index contributed by atoms with van der Waals surface area (Å²) in [5, 5.41) is 6.19. The van der Waals surface area contributed by atoms with Gasteiger partial charge in [-0.1, -0.05) is 18.6 Å². The fourth-order valence-corrected chi connectivity index (χ4v) is 2.08. The maximum atomic E-state index is 12.5. The molecule has 1 aromatic heterocycles. The largest absolute Gasteiger partial charge is 0.384 e. The van der Waals surface area contributed by atoms with Crippen molar-refractivity contribution >= 4 is 17.3 Å². The van der Waals surface area contributed by atoms with E-state index in [9.17, 15) is 4.79 Å². The predicted octanol–water partition coefficient (Wildman–Crippen LogP) is 3.77. The predicted molar refractivity (Wildman–Crippen MR) is 86.9 cm³/mol. The molecule has 4 heteroatoms. The van der Waals surface area contributed by atoms with Gasteiger partial charge in [-0.3, -0.25) is 9.78 Å². The van der Waals surface area contributed by atoms with Crippen molar-refractivity contribution in [2.24, 2.45) is 0 Å². The summed E-state index contributed by atoms with van der Waals surface area (Å²) in [5.74, 6) is -0.121. The van der Waals surface area contributed by atoms with Crippen molar-refractivity contribution in [2.45, 2.75) is 27.2 Å². The first-order chi connectivity index (χ1) is 10.1. The number of amides is 1. The van der Waals surface area contributed by atoms with E-state index in [1.807, 2.05) is 38.1 Å². The van der Waals surface area contributed by atoms with E-state index in [0.29, 0.717) is 11.3 Å². The minimum absolute atomic E-state index is 0.121. The molecule has 2 N–H and O–H groups in total. The number of hydrogen-bond donors (Lipinski definition) is 2. The number of nitrogens with zero attached hydrogens (tertiary/aromatic N) is 1. The SMILES string of the molecule is CCCNc1ccc(C)cc1C(=O)Nc1cncc(C)c1. The Labute approximate surface area is 125 Å². The quantitative estimate of drug-likeness (QED) is 0.878. The van der Waals surface area contributed by atoms with Crippen LogP contribution >= 0.6 is 0 Å². The zero-order chi connectivity index (χ0) is 15.2. The summed E-state index contributed by atoms with van der Waals surface area (Å²) >= 11 is 0. The van der Waals surface area contributed by atoms with Gasteiger partial charge in [-0.25, -0.2) is 0 Å². The van der Waals surface area contributed by atoms with Gasteiger partial charge in [0.05, 0.1) is 17.4 Å². The molecule has 0 radical (unpaired) electrons. The molecule has 0 saturated heterocycles. The van der Waals surface area contributed by atoms with Crippen LogP contribution in [0.5, 0.6) is 0 Å². The lowest BCUT2D eigenvalue weighted by Gasteiger charge is -2.13. The van der Waals surface area contributed by atoms with E-state index in [4.69, 9.17) is 0 Å². The van der Waals surface area contributed by atoms with Crippen LogP contribution in [-0.2, 0) is 0 Å². The lowest BCUT2D eigenvalue weighted by atomic mass is 10.1.